The second-order valence-corrected chi connectivity index (χ2v) is 5.81. The molecule has 0 saturated carbocycles. The maximum atomic E-state index is 4.19. The monoisotopic (exact) mass is 262 g/mol. The van der Waals surface area contributed by atoms with E-state index < -0.39 is 0 Å². The Morgan fingerprint density at radius 1 is 1.28 bits per heavy atom. The second-order valence-electron chi connectivity index (χ2n) is 4.75. The highest BCUT2D eigenvalue weighted by Crippen LogP contribution is 2.23. The van der Waals surface area contributed by atoms with Gasteiger partial charge in [0.25, 0.3) is 0 Å². The Hall–Kier alpha value is -1.49. The van der Waals surface area contributed by atoms with Gasteiger partial charge in [0.1, 0.15) is 5.01 Å². The highest BCUT2D eigenvalue weighted by Gasteiger charge is 2.10. The summed E-state index contributed by atoms with van der Waals surface area (Å²) in [6.45, 7) is 6.47. The van der Waals surface area contributed by atoms with Gasteiger partial charge in [-0.25, -0.2) is 0 Å². The first-order valence-electron chi connectivity index (χ1n) is 6.14. The molecule has 0 aliphatic carbocycles. The molecule has 2 heterocycles. The van der Waals surface area contributed by atoms with Crippen molar-refractivity contribution in [3.05, 3.63) is 35.1 Å². The van der Waals surface area contributed by atoms with Gasteiger partial charge in [0.15, 0.2) is 0 Å². The van der Waals surface area contributed by atoms with E-state index in [4.69, 9.17) is 0 Å². The van der Waals surface area contributed by atoms with Gasteiger partial charge in [-0.2, -0.15) is 0 Å². The Morgan fingerprint density at radius 2 is 2.11 bits per heavy atom. The van der Waals surface area contributed by atoms with E-state index in [-0.39, 0.29) is 6.04 Å². The number of aromatic nitrogens is 3. The number of nitrogens with one attached hydrogen (secondary N) is 1. The van der Waals surface area contributed by atoms with Crippen molar-refractivity contribution in [2.75, 3.05) is 5.32 Å². The minimum Gasteiger partial charge on any atom is -0.354 e. The molecule has 5 heteroatoms. The van der Waals surface area contributed by atoms with Crippen LogP contribution >= 0.6 is 11.3 Å². The summed E-state index contributed by atoms with van der Waals surface area (Å²) >= 11 is 1.63. The molecule has 4 nitrogen and oxygen atoms in total. The van der Waals surface area contributed by atoms with Gasteiger partial charge < -0.3 is 5.32 Å². The smallest absolute Gasteiger partial charge is 0.206 e. The molecule has 0 radical (unpaired) electrons. The third kappa shape index (κ3) is 3.50. The Kier molecular flexibility index (Phi) is 4.25. The maximum Gasteiger partial charge on any atom is 0.206 e. The summed E-state index contributed by atoms with van der Waals surface area (Å²) in [5, 5.41) is 13.7. The first-order valence-corrected chi connectivity index (χ1v) is 6.95. The van der Waals surface area contributed by atoms with Crippen molar-refractivity contribution in [1.82, 2.24) is 15.2 Å². The topological polar surface area (TPSA) is 50.7 Å². The SMILES string of the molecule is CC(C)Cc1nnc(NC(C)c2cccnc2)s1. The zero-order chi connectivity index (χ0) is 13.0. The molecule has 1 N–H and O–H groups in total. The molecule has 0 aliphatic rings. The average Bonchev–Trinajstić information content (AvgIpc) is 2.76. The van der Waals surface area contributed by atoms with Crippen LogP contribution in [-0.2, 0) is 6.42 Å². The summed E-state index contributed by atoms with van der Waals surface area (Å²) < 4.78 is 0. The van der Waals surface area contributed by atoms with Crippen molar-refractivity contribution in [2.45, 2.75) is 33.2 Å². The minimum absolute atomic E-state index is 0.193. The molecule has 0 bridgehead atoms. The molecule has 96 valence electrons. The van der Waals surface area contributed by atoms with Crippen molar-refractivity contribution in [2.24, 2.45) is 5.92 Å². The normalized spacial score (nSPS) is 12.7. The minimum atomic E-state index is 0.193. The lowest BCUT2D eigenvalue weighted by molar-refractivity contribution is 0.640. The molecule has 0 spiro atoms. The van der Waals surface area contributed by atoms with E-state index in [1.54, 1.807) is 17.5 Å². The molecule has 1 unspecified atom stereocenters. The van der Waals surface area contributed by atoms with E-state index in [1.807, 2.05) is 12.3 Å². The van der Waals surface area contributed by atoms with E-state index >= 15 is 0 Å². The van der Waals surface area contributed by atoms with E-state index in [0.717, 1.165) is 22.1 Å². The van der Waals surface area contributed by atoms with E-state index in [9.17, 15) is 0 Å². The summed E-state index contributed by atoms with van der Waals surface area (Å²) in [7, 11) is 0. The highest BCUT2D eigenvalue weighted by atomic mass is 32.1. The molecular weight excluding hydrogens is 244 g/mol. The zero-order valence-corrected chi connectivity index (χ0v) is 11.7. The van der Waals surface area contributed by atoms with E-state index in [2.05, 4.69) is 47.3 Å². The average molecular weight is 262 g/mol. The largest absolute Gasteiger partial charge is 0.354 e. The molecule has 1 atom stereocenters. The molecule has 0 saturated heterocycles. The van der Waals surface area contributed by atoms with Gasteiger partial charge in [-0.1, -0.05) is 31.3 Å². The third-order valence-corrected chi connectivity index (χ3v) is 3.45. The summed E-state index contributed by atoms with van der Waals surface area (Å²) in [6.07, 6.45) is 4.64. The van der Waals surface area contributed by atoms with E-state index in [0.29, 0.717) is 5.92 Å². The summed E-state index contributed by atoms with van der Waals surface area (Å²) in [5.74, 6) is 0.613. The lowest BCUT2D eigenvalue weighted by Crippen LogP contribution is -2.06. The van der Waals surface area contributed by atoms with Gasteiger partial charge >= 0.3 is 0 Å². The first-order chi connectivity index (χ1) is 8.65. The van der Waals surface area contributed by atoms with Gasteiger partial charge in [0.2, 0.25) is 5.13 Å². The predicted octanol–water partition coefficient (Wildman–Crippen LogP) is 3.30. The fourth-order valence-electron chi connectivity index (χ4n) is 1.64. The lowest BCUT2D eigenvalue weighted by atomic mass is 10.1. The van der Waals surface area contributed by atoms with Crippen molar-refractivity contribution < 1.29 is 0 Å². The first kappa shape index (κ1) is 13.0. The molecule has 0 amide bonds. The van der Waals surface area contributed by atoms with Crippen molar-refractivity contribution in [3.63, 3.8) is 0 Å². The Morgan fingerprint density at radius 3 is 2.78 bits per heavy atom. The quantitative estimate of drug-likeness (QED) is 0.898. The Labute approximate surface area is 111 Å². The number of nitrogens with zero attached hydrogens (tertiary/aromatic N) is 3. The number of hydrogen-bond acceptors (Lipinski definition) is 5. The molecule has 2 rings (SSSR count). The molecule has 0 aromatic carbocycles. The van der Waals surface area contributed by atoms with Crippen molar-refractivity contribution >= 4 is 16.5 Å². The highest BCUT2D eigenvalue weighted by molar-refractivity contribution is 7.15. The van der Waals surface area contributed by atoms with Gasteiger partial charge in [0.05, 0.1) is 6.04 Å². The van der Waals surface area contributed by atoms with Crippen LogP contribution < -0.4 is 5.32 Å². The Bertz CT molecular complexity index is 481. The van der Waals surface area contributed by atoms with Crippen LogP contribution in [0, 0.1) is 5.92 Å². The molecular formula is C13H18N4S. The second kappa shape index (κ2) is 5.91. The molecule has 0 aliphatic heterocycles. The van der Waals surface area contributed by atoms with Gasteiger partial charge in [-0.15, -0.1) is 10.2 Å². The zero-order valence-electron chi connectivity index (χ0n) is 10.9. The fraction of sp³-hybridized carbons (Fsp3) is 0.462. The summed E-state index contributed by atoms with van der Waals surface area (Å²) in [6, 6.07) is 4.19. The van der Waals surface area contributed by atoms with Crippen LogP contribution in [0.2, 0.25) is 0 Å². The van der Waals surface area contributed by atoms with Crippen LogP contribution in [0.3, 0.4) is 0 Å². The van der Waals surface area contributed by atoms with Crippen molar-refractivity contribution in [1.29, 1.82) is 0 Å². The maximum absolute atomic E-state index is 4.19. The third-order valence-electron chi connectivity index (χ3n) is 2.57. The number of hydrogen-bond donors (Lipinski definition) is 1. The van der Waals surface area contributed by atoms with Gasteiger partial charge in [0, 0.05) is 18.8 Å². The van der Waals surface area contributed by atoms with Crippen LogP contribution in [0.5, 0.6) is 0 Å². The fourth-order valence-corrected chi connectivity index (χ4v) is 2.68. The molecule has 18 heavy (non-hydrogen) atoms. The lowest BCUT2D eigenvalue weighted by Gasteiger charge is -2.11. The number of anilines is 1. The van der Waals surface area contributed by atoms with Crippen molar-refractivity contribution in [3.8, 4) is 0 Å². The van der Waals surface area contributed by atoms with Crippen LogP contribution in [0.4, 0.5) is 5.13 Å². The van der Waals surface area contributed by atoms with Crippen LogP contribution in [0.25, 0.3) is 0 Å². The number of rotatable bonds is 5. The molecule has 2 aromatic rings. The Balaban J connectivity index is 1.99. The summed E-state index contributed by atoms with van der Waals surface area (Å²) in [5.41, 5.74) is 1.15. The van der Waals surface area contributed by atoms with Crippen LogP contribution in [0.15, 0.2) is 24.5 Å². The van der Waals surface area contributed by atoms with Gasteiger partial charge in [-0.3, -0.25) is 4.98 Å². The van der Waals surface area contributed by atoms with E-state index in [1.165, 1.54) is 0 Å². The predicted molar refractivity (Wildman–Crippen MR) is 74.7 cm³/mol. The molecule has 0 fully saturated rings. The standard InChI is InChI=1S/C13H18N4S/c1-9(2)7-12-16-17-13(18-12)15-10(3)11-5-4-6-14-8-11/h4-6,8-10H,7H2,1-3H3,(H,15,17). The summed E-state index contributed by atoms with van der Waals surface area (Å²) in [4.78, 5) is 4.12. The number of pyridine rings is 1. The van der Waals surface area contributed by atoms with Crippen LogP contribution in [0.1, 0.15) is 37.4 Å². The van der Waals surface area contributed by atoms with Gasteiger partial charge in [-0.05, 0) is 24.5 Å². The van der Waals surface area contributed by atoms with Crippen LogP contribution in [-0.4, -0.2) is 15.2 Å². The molecule has 2 aromatic heterocycles.